The second kappa shape index (κ2) is 9.74. The Hall–Kier alpha value is -2.47. The first kappa shape index (κ1) is 18.9. The number of benzene rings is 2. The van der Waals surface area contributed by atoms with E-state index in [1.54, 1.807) is 31.2 Å². The van der Waals surface area contributed by atoms with Crippen molar-refractivity contribution in [2.24, 2.45) is 0 Å². The van der Waals surface area contributed by atoms with Crippen molar-refractivity contribution < 1.29 is 19.1 Å². The Kier molecular flexibility index (Phi) is 7.35. The van der Waals surface area contributed by atoms with Gasteiger partial charge in [0.2, 0.25) is 0 Å². The number of hydrogen-bond acceptors (Lipinski definition) is 5. The van der Waals surface area contributed by atoms with Gasteiger partial charge in [0.1, 0.15) is 5.75 Å². The van der Waals surface area contributed by atoms with Gasteiger partial charge in [-0.1, -0.05) is 18.2 Å². The number of nitrogens with one attached hydrogen (secondary N) is 1. The van der Waals surface area contributed by atoms with E-state index in [1.165, 1.54) is 11.8 Å². The standard InChI is InChI=1S/C19H21NO4S/c1-3-23-16-11-9-15(10-12-16)20-19(22)14(2)24-18(21)13-25-17-7-5-4-6-8-17/h4-12,14H,3,13H2,1-2H3,(H,20,22)/t14-/m1/s1. The largest absolute Gasteiger partial charge is 0.494 e. The van der Waals surface area contributed by atoms with Gasteiger partial charge in [-0.3, -0.25) is 9.59 Å². The van der Waals surface area contributed by atoms with E-state index in [0.29, 0.717) is 12.3 Å². The van der Waals surface area contributed by atoms with Crippen LogP contribution in [0.4, 0.5) is 5.69 Å². The molecule has 2 aromatic rings. The number of esters is 1. The Morgan fingerprint density at radius 1 is 1.08 bits per heavy atom. The van der Waals surface area contributed by atoms with Crippen LogP contribution in [0.1, 0.15) is 13.8 Å². The summed E-state index contributed by atoms with van der Waals surface area (Å²) in [7, 11) is 0. The van der Waals surface area contributed by atoms with E-state index in [-0.39, 0.29) is 11.7 Å². The van der Waals surface area contributed by atoms with Crippen LogP contribution in [-0.2, 0) is 14.3 Å². The molecule has 5 nitrogen and oxygen atoms in total. The molecule has 2 aromatic carbocycles. The lowest BCUT2D eigenvalue weighted by Crippen LogP contribution is -2.30. The molecule has 0 saturated heterocycles. The minimum atomic E-state index is -0.865. The van der Waals surface area contributed by atoms with E-state index in [0.717, 1.165) is 10.6 Å². The van der Waals surface area contributed by atoms with E-state index in [4.69, 9.17) is 9.47 Å². The average molecular weight is 359 g/mol. The van der Waals surface area contributed by atoms with Gasteiger partial charge in [0, 0.05) is 10.6 Å². The van der Waals surface area contributed by atoms with Gasteiger partial charge < -0.3 is 14.8 Å². The van der Waals surface area contributed by atoms with Crippen molar-refractivity contribution in [2.45, 2.75) is 24.8 Å². The van der Waals surface area contributed by atoms with Crippen molar-refractivity contribution in [1.29, 1.82) is 0 Å². The molecule has 1 N–H and O–H groups in total. The Labute approximate surface area is 151 Å². The van der Waals surface area contributed by atoms with Crippen LogP contribution < -0.4 is 10.1 Å². The molecule has 0 heterocycles. The van der Waals surface area contributed by atoms with Crippen molar-refractivity contribution in [3.8, 4) is 5.75 Å². The molecule has 25 heavy (non-hydrogen) atoms. The summed E-state index contributed by atoms with van der Waals surface area (Å²) in [6.07, 6.45) is -0.865. The second-order valence-electron chi connectivity index (χ2n) is 5.18. The van der Waals surface area contributed by atoms with E-state index >= 15 is 0 Å². The molecule has 0 unspecified atom stereocenters. The van der Waals surface area contributed by atoms with Crippen LogP contribution in [0.15, 0.2) is 59.5 Å². The lowest BCUT2D eigenvalue weighted by molar-refractivity contribution is -0.150. The molecule has 0 bridgehead atoms. The Bertz CT molecular complexity index is 688. The summed E-state index contributed by atoms with van der Waals surface area (Å²) in [5, 5.41) is 2.71. The number of carbonyl (C=O) groups is 2. The van der Waals surface area contributed by atoms with Crippen molar-refractivity contribution in [1.82, 2.24) is 0 Å². The molecule has 0 saturated carbocycles. The van der Waals surface area contributed by atoms with Crippen LogP contribution in [0.3, 0.4) is 0 Å². The Morgan fingerprint density at radius 3 is 2.40 bits per heavy atom. The zero-order chi connectivity index (χ0) is 18.1. The van der Waals surface area contributed by atoms with Crippen molar-refractivity contribution in [3.05, 3.63) is 54.6 Å². The van der Waals surface area contributed by atoms with Gasteiger partial charge in [0.15, 0.2) is 6.10 Å². The van der Waals surface area contributed by atoms with E-state index in [2.05, 4.69) is 5.32 Å². The molecule has 1 atom stereocenters. The number of ether oxygens (including phenoxy) is 2. The molecule has 0 spiro atoms. The summed E-state index contributed by atoms with van der Waals surface area (Å²) < 4.78 is 10.5. The SMILES string of the molecule is CCOc1ccc(NC(=O)[C@@H](C)OC(=O)CSc2ccccc2)cc1. The number of hydrogen-bond donors (Lipinski definition) is 1. The molecule has 0 aliphatic carbocycles. The van der Waals surface area contributed by atoms with Gasteiger partial charge in [-0.05, 0) is 50.2 Å². The first-order valence-corrected chi connectivity index (χ1v) is 8.98. The zero-order valence-electron chi connectivity index (χ0n) is 14.2. The molecule has 0 fully saturated rings. The fourth-order valence-electron chi connectivity index (χ4n) is 1.99. The number of rotatable bonds is 8. The monoisotopic (exact) mass is 359 g/mol. The Morgan fingerprint density at radius 2 is 1.76 bits per heavy atom. The highest BCUT2D eigenvalue weighted by Crippen LogP contribution is 2.18. The molecule has 0 aliphatic rings. The summed E-state index contributed by atoms with van der Waals surface area (Å²) in [4.78, 5) is 24.9. The third-order valence-electron chi connectivity index (χ3n) is 3.21. The summed E-state index contributed by atoms with van der Waals surface area (Å²) in [6.45, 7) is 4.04. The molecule has 1 amide bonds. The lowest BCUT2D eigenvalue weighted by Gasteiger charge is -2.13. The maximum Gasteiger partial charge on any atom is 0.317 e. The number of thioether (sulfide) groups is 1. The predicted octanol–water partition coefficient (Wildman–Crippen LogP) is 3.75. The molecular weight excluding hydrogens is 338 g/mol. The molecular formula is C19H21NO4S. The lowest BCUT2D eigenvalue weighted by atomic mass is 10.3. The van der Waals surface area contributed by atoms with Gasteiger partial charge >= 0.3 is 5.97 Å². The first-order valence-electron chi connectivity index (χ1n) is 7.99. The highest BCUT2D eigenvalue weighted by Gasteiger charge is 2.18. The van der Waals surface area contributed by atoms with Gasteiger partial charge in [-0.25, -0.2) is 0 Å². The second-order valence-corrected chi connectivity index (χ2v) is 6.23. The molecule has 0 aromatic heterocycles. The van der Waals surface area contributed by atoms with E-state index in [9.17, 15) is 9.59 Å². The molecule has 132 valence electrons. The minimum Gasteiger partial charge on any atom is -0.494 e. The van der Waals surface area contributed by atoms with Gasteiger partial charge in [0.05, 0.1) is 12.4 Å². The molecule has 2 rings (SSSR count). The van der Waals surface area contributed by atoms with Gasteiger partial charge in [0.25, 0.3) is 5.91 Å². The number of anilines is 1. The van der Waals surface area contributed by atoms with Crippen LogP contribution >= 0.6 is 11.8 Å². The zero-order valence-corrected chi connectivity index (χ0v) is 15.0. The molecule has 6 heteroatoms. The van der Waals surface area contributed by atoms with Crippen molar-refractivity contribution >= 4 is 29.3 Å². The number of carbonyl (C=O) groups excluding carboxylic acids is 2. The smallest absolute Gasteiger partial charge is 0.317 e. The Balaban J connectivity index is 1.78. The molecule has 0 aliphatic heterocycles. The van der Waals surface area contributed by atoms with Crippen molar-refractivity contribution in [3.63, 3.8) is 0 Å². The van der Waals surface area contributed by atoms with Crippen LogP contribution in [-0.4, -0.2) is 30.3 Å². The fraction of sp³-hybridized carbons (Fsp3) is 0.263. The normalized spacial score (nSPS) is 11.4. The summed E-state index contributed by atoms with van der Waals surface area (Å²) in [5.41, 5.74) is 0.620. The van der Waals surface area contributed by atoms with E-state index < -0.39 is 12.1 Å². The van der Waals surface area contributed by atoms with Crippen LogP contribution in [0.25, 0.3) is 0 Å². The summed E-state index contributed by atoms with van der Waals surface area (Å²) in [6, 6.07) is 16.6. The highest BCUT2D eigenvalue weighted by atomic mass is 32.2. The van der Waals surface area contributed by atoms with Crippen molar-refractivity contribution in [2.75, 3.05) is 17.7 Å². The highest BCUT2D eigenvalue weighted by molar-refractivity contribution is 8.00. The summed E-state index contributed by atoms with van der Waals surface area (Å²) >= 11 is 1.37. The maximum atomic E-state index is 12.1. The third kappa shape index (κ3) is 6.51. The van der Waals surface area contributed by atoms with E-state index in [1.807, 2.05) is 37.3 Å². The first-order chi connectivity index (χ1) is 12.1. The molecule has 0 radical (unpaired) electrons. The average Bonchev–Trinajstić information content (AvgIpc) is 2.62. The van der Waals surface area contributed by atoms with Gasteiger partial charge in [-0.15, -0.1) is 11.8 Å². The summed E-state index contributed by atoms with van der Waals surface area (Å²) in [5.74, 6) is 0.0911. The van der Waals surface area contributed by atoms with Crippen LogP contribution in [0.5, 0.6) is 5.75 Å². The van der Waals surface area contributed by atoms with Gasteiger partial charge in [-0.2, -0.15) is 0 Å². The van der Waals surface area contributed by atoms with Crippen LogP contribution in [0, 0.1) is 0 Å². The maximum absolute atomic E-state index is 12.1. The fourth-order valence-corrected chi connectivity index (χ4v) is 2.69. The minimum absolute atomic E-state index is 0.157. The van der Waals surface area contributed by atoms with Crippen LogP contribution in [0.2, 0.25) is 0 Å². The predicted molar refractivity (Wildman–Crippen MR) is 99.0 cm³/mol. The topological polar surface area (TPSA) is 64.6 Å². The number of amides is 1. The quantitative estimate of drug-likeness (QED) is 0.574. The third-order valence-corrected chi connectivity index (χ3v) is 4.20.